The second kappa shape index (κ2) is 7.13. The minimum atomic E-state index is -0.0428. The molecule has 112 valence electrons. The summed E-state index contributed by atoms with van der Waals surface area (Å²) in [6.07, 6.45) is 3.06. The number of likely N-dealkylation sites (tertiary alicyclic amines) is 1. The molecule has 2 N–H and O–H groups in total. The van der Waals surface area contributed by atoms with Crippen LogP contribution in [-0.2, 0) is 0 Å². The normalized spacial score (nSPS) is 24.4. The van der Waals surface area contributed by atoms with Crippen molar-refractivity contribution in [2.45, 2.75) is 47.0 Å². The van der Waals surface area contributed by atoms with Gasteiger partial charge in [-0.15, -0.1) is 0 Å². The van der Waals surface area contributed by atoms with Crippen LogP contribution in [0.25, 0.3) is 0 Å². The second-order valence-corrected chi connectivity index (χ2v) is 7.01. The Kier molecular flexibility index (Phi) is 6.11. The lowest BCUT2D eigenvalue weighted by atomic mass is 9.89. The summed E-state index contributed by atoms with van der Waals surface area (Å²) in [4.78, 5) is 14.0. The van der Waals surface area contributed by atoms with E-state index < -0.39 is 0 Å². The number of urea groups is 1. The van der Waals surface area contributed by atoms with Crippen molar-refractivity contribution in [2.75, 3.05) is 26.2 Å². The summed E-state index contributed by atoms with van der Waals surface area (Å²) in [5.41, 5.74) is -0.0428. The van der Waals surface area contributed by atoms with Crippen molar-refractivity contribution in [2.24, 2.45) is 17.3 Å². The van der Waals surface area contributed by atoms with Gasteiger partial charge in [-0.2, -0.15) is 0 Å². The van der Waals surface area contributed by atoms with E-state index in [0.717, 1.165) is 25.9 Å². The summed E-state index contributed by atoms with van der Waals surface area (Å²) >= 11 is 0. The van der Waals surface area contributed by atoms with Gasteiger partial charge in [-0.05, 0) is 36.5 Å². The van der Waals surface area contributed by atoms with E-state index in [-0.39, 0.29) is 18.1 Å². The SMILES string of the molecule is CC1CC(C)CN(C(=O)NCCCC(C)(C)CO)C1. The average Bonchev–Trinajstić information content (AvgIpc) is 2.33. The molecule has 0 aliphatic carbocycles. The van der Waals surface area contributed by atoms with E-state index in [1.165, 1.54) is 6.42 Å². The Morgan fingerprint density at radius 1 is 1.32 bits per heavy atom. The summed E-state index contributed by atoms with van der Waals surface area (Å²) in [6.45, 7) is 11.1. The summed E-state index contributed by atoms with van der Waals surface area (Å²) in [7, 11) is 0. The van der Waals surface area contributed by atoms with Crippen LogP contribution >= 0.6 is 0 Å². The Morgan fingerprint density at radius 2 is 1.89 bits per heavy atom. The van der Waals surface area contributed by atoms with Crippen molar-refractivity contribution in [3.63, 3.8) is 0 Å². The first-order valence-electron chi connectivity index (χ1n) is 7.47. The molecule has 0 radical (unpaired) electrons. The van der Waals surface area contributed by atoms with Crippen LogP contribution in [-0.4, -0.2) is 42.3 Å². The first-order valence-corrected chi connectivity index (χ1v) is 7.47. The lowest BCUT2D eigenvalue weighted by molar-refractivity contribution is 0.140. The first-order chi connectivity index (χ1) is 8.84. The summed E-state index contributed by atoms with van der Waals surface area (Å²) < 4.78 is 0. The number of carbonyl (C=O) groups excluding carboxylic acids is 1. The van der Waals surface area contributed by atoms with Gasteiger partial charge in [0, 0.05) is 26.2 Å². The van der Waals surface area contributed by atoms with Gasteiger partial charge < -0.3 is 15.3 Å². The van der Waals surface area contributed by atoms with Gasteiger partial charge in [0.15, 0.2) is 0 Å². The van der Waals surface area contributed by atoms with Crippen LogP contribution in [0.2, 0.25) is 0 Å². The molecule has 1 fully saturated rings. The van der Waals surface area contributed by atoms with Crippen molar-refractivity contribution < 1.29 is 9.90 Å². The van der Waals surface area contributed by atoms with Gasteiger partial charge in [0.05, 0.1) is 0 Å². The molecule has 0 saturated carbocycles. The quantitative estimate of drug-likeness (QED) is 0.754. The Morgan fingerprint density at radius 3 is 2.42 bits per heavy atom. The molecular weight excluding hydrogens is 240 g/mol. The fourth-order valence-corrected chi connectivity index (χ4v) is 2.78. The topological polar surface area (TPSA) is 52.6 Å². The summed E-state index contributed by atoms with van der Waals surface area (Å²) in [5, 5.41) is 12.2. The van der Waals surface area contributed by atoms with Crippen LogP contribution in [0.15, 0.2) is 0 Å². The molecule has 0 spiro atoms. The van der Waals surface area contributed by atoms with E-state index >= 15 is 0 Å². The van der Waals surface area contributed by atoms with E-state index in [0.29, 0.717) is 18.4 Å². The van der Waals surface area contributed by atoms with Gasteiger partial charge in [-0.3, -0.25) is 0 Å². The average molecular weight is 270 g/mol. The molecule has 1 rings (SSSR count). The Labute approximate surface area is 117 Å². The highest BCUT2D eigenvalue weighted by atomic mass is 16.3. The molecule has 0 aromatic rings. The van der Waals surface area contributed by atoms with E-state index in [1.54, 1.807) is 0 Å². The molecule has 2 unspecified atom stereocenters. The zero-order valence-corrected chi connectivity index (χ0v) is 12.9. The Bertz CT molecular complexity index is 282. The standard InChI is InChI=1S/C15H30N2O2/c1-12-8-13(2)10-17(9-12)14(19)16-7-5-6-15(3,4)11-18/h12-13,18H,5-11H2,1-4H3,(H,16,19). The third-order valence-electron chi connectivity index (χ3n) is 3.89. The molecule has 0 bridgehead atoms. The number of piperidine rings is 1. The smallest absolute Gasteiger partial charge is 0.317 e. The van der Waals surface area contributed by atoms with E-state index in [2.05, 4.69) is 19.2 Å². The largest absolute Gasteiger partial charge is 0.396 e. The van der Waals surface area contributed by atoms with Crippen LogP contribution in [0.1, 0.15) is 47.0 Å². The molecule has 2 amide bonds. The third kappa shape index (κ3) is 5.81. The van der Waals surface area contributed by atoms with Crippen LogP contribution < -0.4 is 5.32 Å². The number of hydrogen-bond donors (Lipinski definition) is 2. The zero-order chi connectivity index (χ0) is 14.5. The van der Waals surface area contributed by atoms with Crippen molar-refractivity contribution in [3.8, 4) is 0 Å². The maximum Gasteiger partial charge on any atom is 0.317 e. The van der Waals surface area contributed by atoms with E-state index in [4.69, 9.17) is 5.11 Å². The number of aliphatic hydroxyl groups is 1. The maximum atomic E-state index is 12.0. The van der Waals surface area contributed by atoms with Gasteiger partial charge in [0.2, 0.25) is 0 Å². The number of hydrogen-bond acceptors (Lipinski definition) is 2. The second-order valence-electron chi connectivity index (χ2n) is 7.01. The predicted molar refractivity (Wildman–Crippen MR) is 78.0 cm³/mol. The monoisotopic (exact) mass is 270 g/mol. The van der Waals surface area contributed by atoms with Crippen molar-refractivity contribution in [1.82, 2.24) is 10.2 Å². The van der Waals surface area contributed by atoms with Gasteiger partial charge in [0.1, 0.15) is 0 Å². The number of carbonyl (C=O) groups is 1. The number of amides is 2. The van der Waals surface area contributed by atoms with Crippen molar-refractivity contribution in [1.29, 1.82) is 0 Å². The van der Waals surface area contributed by atoms with Crippen molar-refractivity contribution in [3.05, 3.63) is 0 Å². The highest BCUT2D eigenvalue weighted by Crippen LogP contribution is 2.22. The fraction of sp³-hybridized carbons (Fsp3) is 0.933. The minimum absolute atomic E-state index is 0.0428. The van der Waals surface area contributed by atoms with Gasteiger partial charge in [0.25, 0.3) is 0 Å². The number of nitrogens with zero attached hydrogens (tertiary/aromatic N) is 1. The molecular formula is C15H30N2O2. The lowest BCUT2D eigenvalue weighted by Crippen LogP contribution is -2.47. The van der Waals surface area contributed by atoms with Crippen LogP contribution in [0.5, 0.6) is 0 Å². The summed E-state index contributed by atoms with van der Waals surface area (Å²) in [5.74, 6) is 1.20. The first kappa shape index (κ1) is 16.3. The lowest BCUT2D eigenvalue weighted by Gasteiger charge is -2.35. The fourth-order valence-electron chi connectivity index (χ4n) is 2.78. The van der Waals surface area contributed by atoms with E-state index in [1.807, 2.05) is 18.7 Å². The molecule has 0 aromatic heterocycles. The number of rotatable bonds is 5. The number of aliphatic hydroxyl groups excluding tert-OH is 1. The highest BCUT2D eigenvalue weighted by Gasteiger charge is 2.25. The molecule has 1 aliphatic heterocycles. The minimum Gasteiger partial charge on any atom is -0.396 e. The molecule has 19 heavy (non-hydrogen) atoms. The molecule has 1 heterocycles. The molecule has 2 atom stereocenters. The number of nitrogens with one attached hydrogen (secondary N) is 1. The van der Waals surface area contributed by atoms with Gasteiger partial charge in [-0.1, -0.05) is 27.7 Å². The van der Waals surface area contributed by atoms with Gasteiger partial charge >= 0.3 is 6.03 Å². The van der Waals surface area contributed by atoms with Gasteiger partial charge in [-0.25, -0.2) is 4.79 Å². The molecule has 4 heteroatoms. The molecule has 1 saturated heterocycles. The maximum absolute atomic E-state index is 12.0. The molecule has 4 nitrogen and oxygen atoms in total. The highest BCUT2D eigenvalue weighted by molar-refractivity contribution is 5.74. The zero-order valence-electron chi connectivity index (χ0n) is 12.9. The summed E-state index contributed by atoms with van der Waals surface area (Å²) in [6, 6.07) is 0.0696. The Hall–Kier alpha value is -0.770. The Balaban J connectivity index is 2.24. The molecule has 0 aromatic carbocycles. The van der Waals surface area contributed by atoms with Crippen molar-refractivity contribution >= 4 is 6.03 Å². The molecule has 1 aliphatic rings. The van der Waals surface area contributed by atoms with Crippen LogP contribution in [0, 0.1) is 17.3 Å². The van der Waals surface area contributed by atoms with E-state index in [9.17, 15) is 4.79 Å². The third-order valence-corrected chi connectivity index (χ3v) is 3.89. The van der Waals surface area contributed by atoms with Crippen LogP contribution in [0.4, 0.5) is 4.79 Å². The predicted octanol–water partition coefficient (Wildman–Crippen LogP) is 2.47. The van der Waals surface area contributed by atoms with Crippen LogP contribution in [0.3, 0.4) is 0 Å².